The zero-order chi connectivity index (χ0) is 20.1. The predicted octanol–water partition coefficient (Wildman–Crippen LogP) is 3.87. The van der Waals surface area contributed by atoms with Crippen LogP contribution in [-0.2, 0) is 10.0 Å². The van der Waals surface area contributed by atoms with Gasteiger partial charge < -0.3 is 4.74 Å². The topological polar surface area (TPSA) is 98.5 Å². The summed E-state index contributed by atoms with van der Waals surface area (Å²) in [5, 5.41) is 12.9. The maximum Gasteiger partial charge on any atom is 0.271 e. The van der Waals surface area contributed by atoms with Crippen molar-refractivity contribution in [2.45, 2.75) is 4.90 Å². The molecule has 9 heteroatoms. The largest absolute Gasteiger partial charge is 0.495 e. The summed E-state index contributed by atoms with van der Waals surface area (Å²) in [6.45, 7) is 0. The molecule has 0 aliphatic rings. The highest BCUT2D eigenvalue weighted by molar-refractivity contribution is 7.92. The minimum Gasteiger partial charge on any atom is -0.495 e. The quantitative estimate of drug-likeness (QED) is 0.388. The minimum absolute atomic E-state index is 0.00624. The summed E-state index contributed by atoms with van der Waals surface area (Å²) in [6, 6.07) is 13.7. The summed E-state index contributed by atoms with van der Waals surface area (Å²) < 4.78 is 33.0. The van der Waals surface area contributed by atoms with Crippen LogP contribution < -0.4 is 9.46 Å². The zero-order valence-corrected chi connectivity index (χ0v) is 16.2. The third-order valence-corrected chi connectivity index (χ3v) is 5.80. The lowest BCUT2D eigenvalue weighted by Crippen LogP contribution is -2.14. The first kappa shape index (κ1) is 19.4. The van der Waals surface area contributed by atoms with Gasteiger partial charge in [0.25, 0.3) is 15.7 Å². The molecule has 0 atom stereocenters. The fourth-order valence-corrected chi connectivity index (χ4v) is 4.15. The van der Waals surface area contributed by atoms with Gasteiger partial charge in [0.1, 0.15) is 10.6 Å². The average Bonchev–Trinajstić information content (AvgIpc) is 3.19. The maximum atomic E-state index is 12.8. The highest BCUT2D eigenvalue weighted by Gasteiger charge is 2.23. The van der Waals surface area contributed by atoms with E-state index in [9.17, 15) is 18.5 Å². The smallest absolute Gasteiger partial charge is 0.271 e. The summed E-state index contributed by atoms with van der Waals surface area (Å²) in [6.07, 6.45) is 0. The zero-order valence-electron chi connectivity index (χ0n) is 14.6. The lowest BCUT2D eigenvalue weighted by Gasteiger charge is -2.11. The molecule has 1 aromatic heterocycles. The summed E-state index contributed by atoms with van der Waals surface area (Å²) >= 11 is 1.51. The third-order valence-electron chi connectivity index (χ3n) is 3.61. The van der Waals surface area contributed by atoms with Gasteiger partial charge in [-0.2, -0.15) is 0 Å². The Hall–Kier alpha value is -3.35. The molecular weight excluding hydrogens is 400 g/mol. The van der Waals surface area contributed by atoms with Crippen LogP contribution >= 0.6 is 11.3 Å². The van der Waals surface area contributed by atoms with E-state index in [0.29, 0.717) is 5.56 Å². The van der Waals surface area contributed by atoms with Crippen LogP contribution in [0.4, 0.5) is 11.4 Å². The molecule has 1 N–H and O–H groups in total. The van der Waals surface area contributed by atoms with E-state index >= 15 is 0 Å². The van der Waals surface area contributed by atoms with Gasteiger partial charge in [0, 0.05) is 17.7 Å². The van der Waals surface area contributed by atoms with Gasteiger partial charge in [0.05, 0.1) is 22.6 Å². The van der Waals surface area contributed by atoms with Gasteiger partial charge in [-0.3, -0.25) is 14.8 Å². The van der Waals surface area contributed by atoms with Gasteiger partial charge in [0.15, 0.2) is 0 Å². The summed E-state index contributed by atoms with van der Waals surface area (Å²) in [5.41, 5.74) is 0.558. The van der Waals surface area contributed by atoms with E-state index in [4.69, 9.17) is 4.74 Å². The van der Waals surface area contributed by atoms with Gasteiger partial charge in [-0.25, -0.2) is 8.42 Å². The van der Waals surface area contributed by atoms with E-state index in [-0.39, 0.29) is 22.0 Å². The van der Waals surface area contributed by atoms with Crippen molar-refractivity contribution in [3.63, 3.8) is 0 Å². The number of non-ortho nitro benzene ring substituents is 1. The van der Waals surface area contributed by atoms with Crippen molar-refractivity contribution in [3.05, 3.63) is 80.5 Å². The molecule has 0 saturated heterocycles. The second kappa shape index (κ2) is 8.12. The number of ether oxygens (including phenoxy) is 1. The number of nitrogens with one attached hydrogen (secondary N) is 1. The van der Waals surface area contributed by atoms with Crippen LogP contribution in [0.15, 0.2) is 64.9 Å². The van der Waals surface area contributed by atoms with Crippen LogP contribution in [0.2, 0.25) is 0 Å². The molecule has 0 unspecified atom stereocenters. The second-order valence-electron chi connectivity index (χ2n) is 5.51. The van der Waals surface area contributed by atoms with Crippen LogP contribution in [0.25, 0.3) is 0 Å². The van der Waals surface area contributed by atoms with E-state index in [1.54, 1.807) is 24.3 Å². The van der Waals surface area contributed by atoms with Gasteiger partial charge in [0.2, 0.25) is 0 Å². The summed E-state index contributed by atoms with van der Waals surface area (Å²) in [5.74, 6) is 5.97. The number of rotatable bonds is 5. The monoisotopic (exact) mass is 414 g/mol. The van der Waals surface area contributed by atoms with E-state index < -0.39 is 14.9 Å². The number of anilines is 1. The highest BCUT2D eigenvalue weighted by atomic mass is 32.2. The Bertz CT molecular complexity index is 1180. The molecule has 3 rings (SSSR count). The Labute approximate surface area is 165 Å². The van der Waals surface area contributed by atoms with Crippen LogP contribution in [0, 0.1) is 22.0 Å². The predicted molar refractivity (Wildman–Crippen MR) is 107 cm³/mol. The first-order valence-electron chi connectivity index (χ1n) is 7.90. The van der Waals surface area contributed by atoms with Crippen molar-refractivity contribution in [1.29, 1.82) is 0 Å². The molecule has 142 valence electrons. The van der Waals surface area contributed by atoms with Gasteiger partial charge in [-0.1, -0.05) is 24.0 Å². The number of thiophene rings is 1. The molecule has 0 spiro atoms. The summed E-state index contributed by atoms with van der Waals surface area (Å²) in [4.78, 5) is 10.9. The molecule has 0 aliphatic carbocycles. The molecule has 3 aromatic rings. The first-order chi connectivity index (χ1) is 13.4. The van der Waals surface area contributed by atoms with Crippen molar-refractivity contribution in [1.82, 2.24) is 0 Å². The minimum atomic E-state index is -4.11. The van der Waals surface area contributed by atoms with E-state index in [1.165, 1.54) is 30.6 Å². The standard InChI is InChI=1S/C19H14N2O5S2/c1-26-18-10-8-16(21(22)23)13-19(18)28(24,25)20-15-5-2-4-14(12-15)7-9-17-6-3-11-27-17/h2-6,8,10-13,20H,1H3. The fraction of sp³-hybridized carbons (Fsp3) is 0.0526. The Balaban J connectivity index is 1.92. The number of nitro benzene ring substituents is 1. The SMILES string of the molecule is COc1ccc([N+](=O)[O-])cc1S(=O)(=O)Nc1cccc(C#Cc2cccs2)c1. The van der Waals surface area contributed by atoms with Crippen LogP contribution in [-0.4, -0.2) is 20.5 Å². The van der Waals surface area contributed by atoms with Gasteiger partial charge in [-0.15, -0.1) is 11.3 Å². The van der Waals surface area contributed by atoms with Crippen LogP contribution in [0.5, 0.6) is 5.75 Å². The van der Waals surface area contributed by atoms with Gasteiger partial charge in [-0.05, 0) is 35.7 Å². The number of benzene rings is 2. The number of hydrogen-bond acceptors (Lipinski definition) is 6. The molecular formula is C19H14N2O5S2. The molecule has 28 heavy (non-hydrogen) atoms. The highest BCUT2D eigenvalue weighted by Crippen LogP contribution is 2.29. The molecule has 7 nitrogen and oxygen atoms in total. The normalized spacial score (nSPS) is 10.6. The second-order valence-corrected chi connectivity index (χ2v) is 8.10. The number of hydrogen-bond donors (Lipinski definition) is 1. The average molecular weight is 414 g/mol. The van der Waals surface area contributed by atoms with Crippen molar-refractivity contribution in [2.75, 3.05) is 11.8 Å². The number of sulfonamides is 1. The third kappa shape index (κ3) is 4.49. The maximum absolute atomic E-state index is 12.8. The number of nitrogens with zero attached hydrogens (tertiary/aromatic N) is 1. The lowest BCUT2D eigenvalue weighted by molar-refractivity contribution is -0.385. The van der Waals surface area contributed by atoms with Gasteiger partial charge >= 0.3 is 0 Å². The number of nitro groups is 1. The van der Waals surface area contributed by atoms with Crippen molar-refractivity contribution in [2.24, 2.45) is 0 Å². The van der Waals surface area contributed by atoms with Crippen molar-refractivity contribution in [3.8, 4) is 17.6 Å². The van der Waals surface area contributed by atoms with Crippen molar-refractivity contribution < 1.29 is 18.1 Å². The lowest BCUT2D eigenvalue weighted by atomic mass is 10.2. The fourth-order valence-electron chi connectivity index (χ4n) is 2.34. The molecule has 0 aliphatic heterocycles. The first-order valence-corrected chi connectivity index (χ1v) is 10.3. The molecule has 0 amide bonds. The molecule has 1 heterocycles. The van der Waals surface area contributed by atoms with E-state index in [2.05, 4.69) is 16.6 Å². The molecule has 0 fully saturated rings. The van der Waals surface area contributed by atoms with Crippen LogP contribution in [0.1, 0.15) is 10.4 Å². The summed E-state index contributed by atoms with van der Waals surface area (Å²) in [7, 11) is -2.82. The Morgan fingerprint density at radius 3 is 2.61 bits per heavy atom. The van der Waals surface area contributed by atoms with E-state index in [1.807, 2.05) is 17.5 Å². The van der Waals surface area contributed by atoms with Crippen molar-refractivity contribution >= 4 is 32.7 Å². The molecule has 2 aromatic carbocycles. The Kier molecular flexibility index (Phi) is 5.63. The van der Waals surface area contributed by atoms with Crippen LogP contribution in [0.3, 0.4) is 0 Å². The Morgan fingerprint density at radius 1 is 1.11 bits per heavy atom. The Morgan fingerprint density at radius 2 is 1.93 bits per heavy atom. The number of methoxy groups -OCH3 is 1. The van der Waals surface area contributed by atoms with E-state index in [0.717, 1.165) is 10.9 Å². The molecule has 0 saturated carbocycles. The molecule has 0 bridgehead atoms. The molecule has 0 radical (unpaired) electrons.